The summed E-state index contributed by atoms with van der Waals surface area (Å²) in [6, 6.07) is 0.475. The Morgan fingerprint density at radius 3 is 2.58 bits per heavy atom. The number of aliphatic carboxylic acids is 1. The van der Waals surface area contributed by atoms with E-state index in [1.807, 2.05) is 13.8 Å². The lowest BCUT2D eigenvalue weighted by atomic mass is 10.1. The van der Waals surface area contributed by atoms with Crippen LogP contribution in [0.1, 0.15) is 26.7 Å². The highest BCUT2D eigenvalue weighted by Crippen LogP contribution is 1.99. The molecule has 1 atom stereocenters. The number of carbonyl (C=O) groups is 1. The topological polar surface area (TPSA) is 49.3 Å². The van der Waals surface area contributed by atoms with Crippen molar-refractivity contribution in [3.63, 3.8) is 0 Å². The summed E-state index contributed by atoms with van der Waals surface area (Å²) >= 11 is 0. The van der Waals surface area contributed by atoms with Gasteiger partial charge < -0.3 is 10.4 Å². The Balaban J connectivity index is 3.67. The maximum absolute atomic E-state index is 10.2. The Kier molecular flexibility index (Phi) is 5.37. The quantitative estimate of drug-likeness (QED) is 0.594. The minimum absolute atomic E-state index is 0.112. The van der Waals surface area contributed by atoms with Gasteiger partial charge >= 0.3 is 5.97 Å². The van der Waals surface area contributed by atoms with Crippen molar-refractivity contribution in [1.29, 1.82) is 0 Å². The van der Waals surface area contributed by atoms with Crippen molar-refractivity contribution in [3.05, 3.63) is 12.7 Å². The summed E-state index contributed by atoms with van der Waals surface area (Å²) in [6.45, 7) is 7.69. The van der Waals surface area contributed by atoms with E-state index < -0.39 is 5.97 Å². The third-order valence-electron chi connectivity index (χ3n) is 1.50. The Labute approximate surface area is 73.5 Å². The summed E-state index contributed by atoms with van der Waals surface area (Å²) < 4.78 is 0. The summed E-state index contributed by atoms with van der Waals surface area (Å²) in [4.78, 5) is 10.2. The molecule has 0 amide bonds. The van der Waals surface area contributed by atoms with Gasteiger partial charge in [0.2, 0.25) is 0 Å². The first-order chi connectivity index (χ1) is 5.56. The average Bonchev–Trinajstić information content (AvgIpc) is 1.97. The molecular formula is C9H17NO2. The minimum atomic E-state index is -0.757. The number of carboxylic acid groups (broad SMARTS) is 1. The molecule has 0 bridgehead atoms. The van der Waals surface area contributed by atoms with Crippen LogP contribution < -0.4 is 5.32 Å². The van der Waals surface area contributed by atoms with Crippen molar-refractivity contribution in [2.24, 2.45) is 0 Å². The lowest BCUT2D eigenvalue weighted by molar-refractivity contribution is -0.137. The van der Waals surface area contributed by atoms with Gasteiger partial charge in [-0.05, 0) is 6.42 Å². The van der Waals surface area contributed by atoms with Crippen molar-refractivity contribution in [3.8, 4) is 0 Å². The van der Waals surface area contributed by atoms with E-state index in [1.54, 1.807) is 6.08 Å². The Hall–Kier alpha value is -0.830. The van der Waals surface area contributed by atoms with Crippen molar-refractivity contribution < 1.29 is 9.90 Å². The van der Waals surface area contributed by atoms with Gasteiger partial charge in [0, 0.05) is 18.5 Å². The van der Waals surface area contributed by atoms with Crippen LogP contribution in [-0.2, 0) is 4.79 Å². The first-order valence-electron chi connectivity index (χ1n) is 4.16. The summed E-state index contributed by atoms with van der Waals surface area (Å²) in [5.74, 6) is -0.757. The lowest BCUT2D eigenvalue weighted by Gasteiger charge is -2.16. The highest BCUT2D eigenvalue weighted by atomic mass is 16.4. The smallest absolute Gasteiger partial charge is 0.303 e. The van der Waals surface area contributed by atoms with Crippen molar-refractivity contribution in [2.75, 3.05) is 0 Å². The SMILES string of the molecule is C=CC(CCC(=O)O)NC(C)C. The number of carboxylic acids is 1. The Morgan fingerprint density at radius 1 is 1.67 bits per heavy atom. The predicted octanol–water partition coefficient (Wildman–Crippen LogP) is 1.40. The average molecular weight is 171 g/mol. The Bertz CT molecular complexity index is 155. The van der Waals surface area contributed by atoms with Gasteiger partial charge in [0.25, 0.3) is 0 Å². The lowest BCUT2D eigenvalue weighted by Crippen LogP contribution is -2.33. The molecular weight excluding hydrogens is 154 g/mol. The van der Waals surface area contributed by atoms with E-state index in [0.29, 0.717) is 12.5 Å². The molecule has 0 aliphatic rings. The molecule has 0 aliphatic heterocycles. The number of hydrogen-bond acceptors (Lipinski definition) is 2. The van der Waals surface area contributed by atoms with Crippen LogP contribution in [0.5, 0.6) is 0 Å². The molecule has 0 aromatic heterocycles. The van der Waals surface area contributed by atoms with Crippen LogP contribution in [0.15, 0.2) is 12.7 Å². The summed E-state index contributed by atoms with van der Waals surface area (Å²) in [7, 11) is 0. The fraction of sp³-hybridized carbons (Fsp3) is 0.667. The third kappa shape index (κ3) is 5.92. The van der Waals surface area contributed by atoms with Gasteiger partial charge in [-0.1, -0.05) is 19.9 Å². The van der Waals surface area contributed by atoms with Crippen LogP contribution in [0.4, 0.5) is 0 Å². The number of rotatable bonds is 6. The van der Waals surface area contributed by atoms with E-state index in [2.05, 4.69) is 11.9 Å². The van der Waals surface area contributed by atoms with Crippen LogP contribution in [0, 0.1) is 0 Å². The fourth-order valence-corrected chi connectivity index (χ4v) is 0.976. The standard InChI is InChI=1S/C9H17NO2/c1-4-8(10-7(2)3)5-6-9(11)12/h4,7-8,10H,1,5-6H2,2-3H3,(H,11,12). The number of hydrogen-bond donors (Lipinski definition) is 2. The summed E-state index contributed by atoms with van der Waals surface area (Å²) in [5.41, 5.74) is 0. The second-order valence-corrected chi connectivity index (χ2v) is 3.10. The second kappa shape index (κ2) is 5.77. The largest absolute Gasteiger partial charge is 0.481 e. The van der Waals surface area contributed by atoms with Crippen molar-refractivity contribution in [2.45, 2.75) is 38.8 Å². The van der Waals surface area contributed by atoms with E-state index in [-0.39, 0.29) is 12.5 Å². The van der Waals surface area contributed by atoms with E-state index in [0.717, 1.165) is 0 Å². The fourth-order valence-electron chi connectivity index (χ4n) is 0.976. The predicted molar refractivity (Wildman–Crippen MR) is 49.1 cm³/mol. The molecule has 0 aromatic carbocycles. The van der Waals surface area contributed by atoms with Gasteiger partial charge in [-0.15, -0.1) is 6.58 Å². The van der Waals surface area contributed by atoms with E-state index in [9.17, 15) is 4.79 Å². The van der Waals surface area contributed by atoms with Crippen molar-refractivity contribution in [1.82, 2.24) is 5.32 Å². The van der Waals surface area contributed by atoms with Crippen LogP contribution >= 0.6 is 0 Å². The zero-order valence-corrected chi connectivity index (χ0v) is 7.71. The van der Waals surface area contributed by atoms with E-state index >= 15 is 0 Å². The summed E-state index contributed by atoms with van der Waals surface area (Å²) in [6.07, 6.45) is 2.55. The maximum Gasteiger partial charge on any atom is 0.303 e. The van der Waals surface area contributed by atoms with Gasteiger partial charge in [0.1, 0.15) is 0 Å². The molecule has 0 heterocycles. The van der Waals surface area contributed by atoms with Crippen molar-refractivity contribution >= 4 is 5.97 Å². The Morgan fingerprint density at radius 2 is 2.25 bits per heavy atom. The molecule has 0 saturated heterocycles. The van der Waals surface area contributed by atoms with Crippen LogP contribution in [-0.4, -0.2) is 23.2 Å². The minimum Gasteiger partial charge on any atom is -0.481 e. The third-order valence-corrected chi connectivity index (χ3v) is 1.50. The van der Waals surface area contributed by atoms with E-state index in [4.69, 9.17) is 5.11 Å². The first-order valence-corrected chi connectivity index (χ1v) is 4.16. The molecule has 0 spiro atoms. The molecule has 3 nitrogen and oxygen atoms in total. The van der Waals surface area contributed by atoms with Crippen LogP contribution in [0.25, 0.3) is 0 Å². The highest BCUT2D eigenvalue weighted by molar-refractivity contribution is 5.66. The monoisotopic (exact) mass is 171 g/mol. The molecule has 0 rings (SSSR count). The van der Waals surface area contributed by atoms with Gasteiger partial charge in [0.05, 0.1) is 0 Å². The molecule has 0 fully saturated rings. The van der Waals surface area contributed by atoms with Gasteiger partial charge in [-0.3, -0.25) is 4.79 Å². The van der Waals surface area contributed by atoms with Gasteiger partial charge in [-0.2, -0.15) is 0 Å². The maximum atomic E-state index is 10.2. The molecule has 0 saturated carbocycles. The van der Waals surface area contributed by atoms with E-state index in [1.165, 1.54) is 0 Å². The molecule has 12 heavy (non-hydrogen) atoms. The molecule has 70 valence electrons. The molecule has 2 N–H and O–H groups in total. The zero-order valence-electron chi connectivity index (χ0n) is 7.71. The molecule has 1 unspecified atom stereocenters. The van der Waals surface area contributed by atoms with Crippen LogP contribution in [0.3, 0.4) is 0 Å². The molecule has 3 heteroatoms. The first kappa shape index (κ1) is 11.2. The second-order valence-electron chi connectivity index (χ2n) is 3.10. The number of nitrogens with one attached hydrogen (secondary N) is 1. The highest BCUT2D eigenvalue weighted by Gasteiger charge is 2.07. The molecule has 0 aromatic rings. The zero-order chi connectivity index (χ0) is 9.56. The summed E-state index contributed by atoms with van der Waals surface area (Å²) in [5, 5.41) is 11.6. The normalized spacial score (nSPS) is 12.9. The van der Waals surface area contributed by atoms with Gasteiger partial charge in [-0.25, -0.2) is 0 Å². The van der Waals surface area contributed by atoms with Crippen LogP contribution in [0.2, 0.25) is 0 Å². The van der Waals surface area contributed by atoms with Gasteiger partial charge in [0.15, 0.2) is 0 Å². The molecule has 0 radical (unpaired) electrons. The molecule has 0 aliphatic carbocycles.